The SMILES string of the molecule is CCCCOc1cccc(C2/C(=C(/O)c3ccc4c(c3)CC(C)O4)C(=O)C(=O)N2CCN(CC)CC)c1. The minimum atomic E-state index is -0.700. The summed E-state index contributed by atoms with van der Waals surface area (Å²) in [4.78, 5) is 30.5. The highest BCUT2D eigenvalue weighted by atomic mass is 16.5. The largest absolute Gasteiger partial charge is 0.507 e. The quantitative estimate of drug-likeness (QED) is 0.201. The molecular weight excluding hydrogens is 468 g/mol. The Morgan fingerprint density at radius 1 is 1.14 bits per heavy atom. The third kappa shape index (κ3) is 5.67. The number of amides is 1. The van der Waals surface area contributed by atoms with E-state index in [4.69, 9.17) is 9.47 Å². The Bertz CT molecular complexity index is 1170. The number of hydrogen-bond donors (Lipinski definition) is 1. The topological polar surface area (TPSA) is 79.3 Å². The molecule has 1 amide bonds. The zero-order valence-electron chi connectivity index (χ0n) is 22.3. The van der Waals surface area contributed by atoms with Crippen molar-refractivity contribution in [2.75, 3.05) is 32.8 Å². The van der Waals surface area contributed by atoms with Gasteiger partial charge < -0.3 is 24.4 Å². The first-order valence-corrected chi connectivity index (χ1v) is 13.4. The van der Waals surface area contributed by atoms with E-state index in [2.05, 4.69) is 25.7 Å². The Morgan fingerprint density at radius 3 is 2.65 bits per heavy atom. The number of benzene rings is 2. The first kappa shape index (κ1) is 26.7. The number of nitrogens with zero attached hydrogens (tertiary/aromatic N) is 2. The summed E-state index contributed by atoms with van der Waals surface area (Å²) in [6, 6.07) is 12.2. The number of unbranched alkanes of at least 4 members (excludes halogenated alkanes) is 1. The molecule has 2 heterocycles. The number of likely N-dealkylation sites (N-methyl/N-ethyl adjacent to an activating group) is 1. The highest BCUT2D eigenvalue weighted by Crippen LogP contribution is 2.41. The molecule has 37 heavy (non-hydrogen) atoms. The van der Waals surface area contributed by atoms with Crippen LogP contribution in [0.25, 0.3) is 5.76 Å². The molecule has 1 N–H and O–H groups in total. The monoisotopic (exact) mass is 506 g/mol. The molecule has 2 aliphatic heterocycles. The van der Waals surface area contributed by atoms with Crippen molar-refractivity contribution in [2.24, 2.45) is 0 Å². The van der Waals surface area contributed by atoms with Crippen molar-refractivity contribution in [1.29, 1.82) is 0 Å². The molecule has 2 atom stereocenters. The van der Waals surface area contributed by atoms with Crippen molar-refractivity contribution >= 4 is 17.4 Å². The summed E-state index contributed by atoms with van der Waals surface area (Å²) in [5.74, 6) is 0.0630. The number of carbonyl (C=O) groups excluding carboxylic acids is 2. The third-order valence-corrected chi connectivity index (χ3v) is 7.20. The van der Waals surface area contributed by atoms with Crippen LogP contribution in [0.4, 0.5) is 0 Å². The van der Waals surface area contributed by atoms with Crippen molar-refractivity contribution in [3.8, 4) is 11.5 Å². The summed E-state index contributed by atoms with van der Waals surface area (Å²) in [6.07, 6.45) is 2.76. The van der Waals surface area contributed by atoms with Crippen molar-refractivity contribution in [3.05, 3.63) is 64.7 Å². The van der Waals surface area contributed by atoms with Gasteiger partial charge in [-0.25, -0.2) is 0 Å². The van der Waals surface area contributed by atoms with Crippen LogP contribution in [0.1, 0.15) is 63.3 Å². The van der Waals surface area contributed by atoms with Gasteiger partial charge in [0.1, 0.15) is 23.4 Å². The van der Waals surface area contributed by atoms with E-state index >= 15 is 0 Å². The molecule has 2 unspecified atom stereocenters. The average Bonchev–Trinajstić information content (AvgIpc) is 3.40. The van der Waals surface area contributed by atoms with E-state index in [1.54, 1.807) is 11.0 Å². The van der Waals surface area contributed by atoms with E-state index in [0.29, 0.717) is 31.0 Å². The molecule has 2 aromatic rings. The summed E-state index contributed by atoms with van der Waals surface area (Å²) in [5, 5.41) is 11.5. The lowest BCUT2D eigenvalue weighted by atomic mass is 9.94. The van der Waals surface area contributed by atoms with Crippen molar-refractivity contribution in [1.82, 2.24) is 9.80 Å². The molecule has 7 nitrogen and oxygen atoms in total. The predicted octanol–water partition coefficient (Wildman–Crippen LogP) is 4.95. The second kappa shape index (κ2) is 11.8. The molecule has 2 aromatic carbocycles. The number of Topliss-reactive ketones (excluding diaryl/α,β-unsaturated/α-hetero) is 1. The van der Waals surface area contributed by atoms with E-state index in [0.717, 1.165) is 49.2 Å². The molecule has 4 rings (SSSR count). The van der Waals surface area contributed by atoms with Gasteiger partial charge in [0.2, 0.25) is 0 Å². The highest BCUT2D eigenvalue weighted by Gasteiger charge is 2.46. The number of ether oxygens (including phenoxy) is 2. The maximum absolute atomic E-state index is 13.4. The van der Waals surface area contributed by atoms with Gasteiger partial charge in [0.25, 0.3) is 11.7 Å². The third-order valence-electron chi connectivity index (χ3n) is 7.20. The fourth-order valence-electron chi connectivity index (χ4n) is 5.08. The van der Waals surface area contributed by atoms with Crippen LogP contribution in [0.3, 0.4) is 0 Å². The van der Waals surface area contributed by atoms with E-state index in [1.807, 2.05) is 43.3 Å². The number of hydrogen-bond acceptors (Lipinski definition) is 6. The van der Waals surface area contributed by atoms with Gasteiger partial charge in [-0.15, -0.1) is 0 Å². The number of rotatable bonds is 11. The van der Waals surface area contributed by atoms with Crippen LogP contribution in [0.2, 0.25) is 0 Å². The predicted molar refractivity (Wildman–Crippen MR) is 144 cm³/mol. The van der Waals surface area contributed by atoms with Gasteiger partial charge in [0.15, 0.2) is 0 Å². The van der Waals surface area contributed by atoms with Gasteiger partial charge in [0, 0.05) is 25.1 Å². The molecule has 198 valence electrons. The molecule has 1 fully saturated rings. The van der Waals surface area contributed by atoms with Crippen LogP contribution in [0.5, 0.6) is 11.5 Å². The smallest absolute Gasteiger partial charge is 0.295 e. The number of likely N-dealkylation sites (tertiary alicyclic amines) is 1. The lowest BCUT2D eigenvalue weighted by Gasteiger charge is -2.28. The molecule has 0 saturated carbocycles. The molecule has 0 spiro atoms. The number of aliphatic hydroxyl groups is 1. The van der Waals surface area contributed by atoms with Crippen LogP contribution in [-0.4, -0.2) is 65.5 Å². The molecule has 0 bridgehead atoms. The second-order valence-electron chi connectivity index (χ2n) is 9.75. The molecule has 7 heteroatoms. The van der Waals surface area contributed by atoms with Gasteiger partial charge >= 0.3 is 0 Å². The van der Waals surface area contributed by atoms with Gasteiger partial charge in [-0.3, -0.25) is 9.59 Å². The first-order chi connectivity index (χ1) is 17.9. The summed E-state index contributed by atoms with van der Waals surface area (Å²) >= 11 is 0. The molecule has 2 aliphatic rings. The van der Waals surface area contributed by atoms with Crippen LogP contribution < -0.4 is 9.47 Å². The zero-order chi connectivity index (χ0) is 26.5. The first-order valence-electron chi connectivity index (χ1n) is 13.4. The lowest BCUT2D eigenvalue weighted by molar-refractivity contribution is -0.140. The van der Waals surface area contributed by atoms with E-state index in [1.165, 1.54) is 0 Å². The Kier molecular flexibility index (Phi) is 8.54. The minimum Gasteiger partial charge on any atom is -0.507 e. The minimum absolute atomic E-state index is 0.0634. The fraction of sp³-hybridized carbons (Fsp3) is 0.467. The van der Waals surface area contributed by atoms with Gasteiger partial charge in [-0.1, -0.05) is 39.3 Å². The molecule has 0 aromatic heterocycles. The van der Waals surface area contributed by atoms with E-state index < -0.39 is 17.7 Å². The van der Waals surface area contributed by atoms with Gasteiger partial charge in [-0.2, -0.15) is 0 Å². The Labute approximate surface area is 219 Å². The summed E-state index contributed by atoms with van der Waals surface area (Å²) in [5.41, 5.74) is 2.35. The van der Waals surface area contributed by atoms with Gasteiger partial charge in [-0.05, 0) is 67.9 Å². The molecular formula is C30H38N2O5. The van der Waals surface area contributed by atoms with Crippen LogP contribution in [0.15, 0.2) is 48.0 Å². The molecule has 1 saturated heterocycles. The normalized spacial score (nSPS) is 20.4. The van der Waals surface area contributed by atoms with Gasteiger partial charge in [0.05, 0.1) is 18.2 Å². The number of fused-ring (bicyclic) bond motifs is 1. The Hall–Kier alpha value is -3.32. The average molecular weight is 507 g/mol. The highest BCUT2D eigenvalue weighted by molar-refractivity contribution is 6.46. The van der Waals surface area contributed by atoms with Crippen LogP contribution >= 0.6 is 0 Å². The Morgan fingerprint density at radius 2 is 1.92 bits per heavy atom. The standard InChI is InChI=1S/C30H38N2O5/c1-5-8-16-36-24-11-9-10-21(19-24)27-26(29(34)30(35)32(27)15-14-31(6-2)7-3)28(33)22-12-13-25-23(18-22)17-20(4)37-25/h9-13,18-20,27,33H,5-8,14-17H2,1-4H3/b28-26-. The number of carbonyl (C=O) groups is 2. The second-order valence-corrected chi connectivity index (χ2v) is 9.75. The van der Waals surface area contributed by atoms with E-state index in [9.17, 15) is 14.7 Å². The molecule has 0 aliphatic carbocycles. The summed E-state index contributed by atoms with van der Waals surface area (Å²) in [6.45, 7) is 11.6. The fourth-order valence-corrected chi connectivity index (χ4v) is 5.08. The lowest BCUT2D eigenvalue weighted by Crippen LogP contribution is -2.38. The van der Waals surface area contributed by atoms with Crippen molar-refractivity contribution in [2.45, 2.75) is 59.1 Å². The van der Waals surface area contributed by atoms with Crippen LogP contribution in [-0.2, 0) is 16.0 Å². The number of aliphatic hydroxyl groups excluding tert-OH is 1. The molecule has 0 radical (unpaired) electrons. The van der Waals surface area contributed by atoms with E-state index in [-0.39, 0.29) is 17.4 Å². The summed E-state index contributed by atoms with van der Waals surface area (Å²) in [7, 11) is 0. The zero-order valence-corrected chi connectivity index (χ0v) is 22.3. The van der Waals surface area contributed by atoms with Crippen molar-refractivity contribution in [3.63, 3.8) is 0 Å². The van der Waals surface area contributed by atoms with Crippen LogP contribution in [0, 0.1) is 0 Å². The maximum Gasteiger partial charge on any atom is 0.295 e. The number of ketones is 1. The Balaban J connectivity index is 1.76. The van der Waals surface area contributed by atoms with Crippen molar-refractivity contribution < 1.29 is 24.2 Å². The maximum atomic E-state index is 13.4. The summed E-state index contributed by atoms with van der Waals surface area (Å²) < 4.78 is 11.7.